The fraction of sp³-hybridized carbons (Fsp3) is 1.00. The fourth-order valence-corrected chi connectivity index (χ4v) is 1.44. The van der Waals surface area contributed by atoms with E-state index in [1.165, 1.54) is 0 Å². The van der Waals surface area contributed by atoms with Crippen LogP contribution < -0.4 is 5.73 Å². The molecule has 11 heavy (non-hydrogen) atoms. The molecule has 1 saturated heterocycles. The van der Waals surface area contributed by atoms with Gasteiger partial charge in [-0.1, -0.05) is 0 Å². The highest BCUT2D eigenvalue weighted by Crippen LogP contribution is 2.41. The normalized spacial score (nSPS) is 39.0. The molecular formula is C8H15NO2. The molecule has 1 atom stereocenters. The van der Waals surface area contributed by atoms with Gasteiger partial charge in [-0.3, -0.25) is 0 Å². The van der Waals surface area contributed by atoms with E-state index in [0.717, 1.165) is 12.8 Å². The molecule has 2 N–H and O–H groups in total. The van der Waals surface area contributed by atoms with E-state index in [2.05, 4.69) is 0 Å². The van der Waals surface area contributed by atoms with Crippen LogP contribution in [0.2, 0.25) is 0 Å². The van der Waals surface area contributed by atoms with Crippen molar-refractivity contribution in [2.75, 3.05) is 6.61 Å². The minimum Gasteiger partial charge on any atom is -0.348 e. The van der Waals surface area contributed by atoms with Crippen molar-refractivity contribution in [2.24, 2.45) is 5.73 Å². The van der Waals surface area contributed by atoms with Crippen LogP contribution in [0.1, 0.15) is 26.7 Å². The summed E-state index contributed by atoms with van der Waals surface area (Å²) in [6.45, 7) is 4.51. The quantitative estimate of drug-likeness (QED) is 0.607. The summed E-state index contributed by atoms with van der Waals surface area (Å²) < 4.78 is 11.0. The highest BCUT2D eigenvalue weighted by atomic mass is 16.7. The molecule has 64 valence electrons. The predicted molar refractivity (Wildman–Crippen MR) is 41.1 cm³/mol. The maximum atomic E-state index is 5.97. The molecule has 1 saturated carbocycles. The van der Waals surface area contributed by atoms with Crippen LogP contribution in [0.15, 0.2) is 0 Å². The predicted octanol–water partition coefficient (Wildman–Crippen LogP) is 0.629. The molecule has 3 heteroatoms. The highest BCUT2D eigenvalue weighted by Gasteiger charge is 2.51. The first-order valence-corrected chi connectivity index (χ1v) is 4.13. The molecule has 3 nitrogen and oxygen atoms in total. The Labute approximate surface area is 66.8 Å². The number of ether oxygens (including phenoxy) is 2. The zero-order valence-electron chi connectivity index (χ0n) is 7.09. The van der Waals surface area contributed by atoms with E-state index in [1.807, 2.05) is 13.8 Å². The number of hydrogen-bond donors (Lipinski definition) is 1. The van der Waals surface area contributed by atoms with E-state index in [-0.39, 0.29) is 11.6 Å². The summed E-state index contributed by atoms with van der Waals surface area (Å²) in [6.07, 6.45) is 2.28. The Morgan fingerprint density at radius 3 is 2.36 bits per heavy atom. The first-order chi connectivity index (χ1) is 5.02. The first kappa shape index (κ1) is 7.53. The van der Waals surface area contributed by atoms with Crippen LogP contribution in [0.25, 0.3) is 0 Å². The van der Waals surface area contributed by atoms with Crippen LogP contribution in [0.3, 0.4) is 0 Å². The maximum Gasteiger partial charge on any atom is 0.163 e. The van der Waals surface area contributed by atoms with E-state index in [4.69, 9.17) is 15.2 Å². The molecule has 0 spiro atoms. The van der Waals surface area contributed by atoms with E-state index in [1.54, 1.807) is 0 Å². The molecule has 1 aliphatic heterocycles. The van der Waals surface area contributed by atoms with E-state index >= 15 is 0 Å². The summed E-state index contributed by atoms with van der Waals surface area (Å²) in [5.41, 5.74) is 5.91. The Hall–Kier alpha value is -0.120. The third kappa shape index (κ3) is 1.28. The summed E-state index contributed by atoms with van der Waals surface area (Å²) in [4.78, 5) is 0. The molecule has 0 radical (unpaired) electrons. The topological polar surface area (TPSA) is 44.5 Å². The van der Waals surface area contributed by atoms with Gasteiger partial charge in [-0.25, -0.2) is 0 Å². The van der Waals surface area contributed by atoms with Crippen molar-refractivity contribution >= 4 is 0 Å². The Kier molecular flexibility index (Phi) is 1.35. The second-order valence-electron chi connectivity index (χ2n) is 4.05. The van der Waals surface area contributed by atoms with E-state index < -0.39 is 5.79 Å². The SMILES string of the molecule is CC1(C)OCC(C2(N)CC2)O1. The lowest BCUT2D eigenvalue weighted by molar-refractivity contribution is -0.141. The second-order valence-corrected chi connectivity index (χ2v) is 4.05. The molecule has 0 aromatic heterocycles. The van der Waals surface area contributed by atoms with Gasteiger partial charge < -0.3 is 15.2 Å². The monoisotopic (exact) mass is 157 g/mol. The zero-order valence-corrected chi connectivity index (χ0v) is 7.09. The van der Waals surface area contributed by atoms with Gasteiger partial charge in [-0.15, -0.1) is 0 Å². The molecule has 1 unspecified atom stereocenters. The second kappa shape index (κ2) is 1.97. The van der Waals surface area contributed by atoms with Crippen LogP contribution in [0.4, 0.5) is 0 Å². The van der Waals surface area contributed by atoms with Gasteiger partial charge in [0.1, 0.15) is 6.10 Å². The Bertz CT molecular complexity index is 175. The molecule has 0 aromatic carbocycles. The van der Waals surface area contributed by atoms with Gasteiger partial charge in [-0.2, -0.15) is 0 Å². The molecule has 1 aliphatic carbocycles. The summed E-state index contributed by atoms with van der Waals surface area (Å²) >= 11 is 0. The molecular weight excluding hydrogens is 142 g/mol. The van der Waals surface area contributed by atoms with Gasteiger partial charge >= 0.3 is 0 Å². The molecule has 2 rings (SSSR count). The minimum absolute atomic E-state index is 0.0617. The lowest BCUT2D eigenvalue weighted by Crippen LogP contribution is -2.39. The van der Waals surface area contributed by atoms with Crippen molar-refractivity contribution in [1.82, 2.24) is 0 Å². The minimum atomic E-state index is -0.417. The third-order valence-corrected chi connectivity index (χ3v) is 2.48. The number of nitrogens with two attached hydrogens (primary N) is 1. The zero-order chi connectivity index (χ0) is 8.11. The van der Waals surface area contributed by atoms with Crippen LogP contribution in [0, 0.1) is 0 Å². The van der Waals surface area contributed by atoms with Crippen molar-refractivity contribution in [1.29, 1.82) is 0 Å². The number of hydrogen-bond acceptors (Lipinski definition) is 3. The van der Waals surface area contributed by atoms with Crippen molar-refractivity contribution < 1.29 is 9.47 Å². The highest BCUT2D eigenvalue weighted by molar-refractivity contribution is 5.06. The molecule has 0 aromatic rings. The lowest BCUT2D eigenvalue weighted by Gasteiger charge is -2.20. The standard InChI is InChI=1S/C8H15NO2/c1-7(2)10-5-6(11-7)8(9)3-4-8/h6H,3-5,9H2,1-2H3. The summed E-state index contributed by atoms with van der Waals surface area (Å²) in [5, 5.41) is 0. The average Bonchev–Trinajstić information content (AvgIpc) is 2.51. The van der Waals surface area contributed by atoms with Crippen LogP contribution in [-0.2, 0) is 9.47 Å². The fourth-order valence-electron chi connectivity index (χ4n) is 1.44. The van der Waals surface area contributed by atoms with Crippen molar-refractivity contribution in [2.45, 2.75) is 44.1 Å². The van der Waals surface area contributed by atoms with Crippen LogP contribution in [0.5, 0.6) is 0 Å². The van der Waals surface area contributed by atoms with Crippen LogP contribution in [-0.4, -0.2) is 24.0 Å². The molecule has 2 aliphatic rings. The molecule has 0 amide bonds. The van der Waals surface area contributed by atoms with Crippen LogP contribution >= 0.6 is 0 Å². The van der Waals surface area contributed by atoms with Crippen molar-refractivity contribution in [3.63, 3.8) is 0 Å². The molecule has 2 fully saturated rings. The Balaban J connectivity index is 2.00. The van der Waals surface area contributed by atoms with Gasteiger partial charge in [0.05, 0.1) is 6.61 Å². The van der Waals surface area contributed by atoms with Crippen molar-refractivity contribution in [3.05, 3.63) is 0 Å². The van der Waals surface area contributed by atoms with E-state index in [9.17, 15) is 0 Å². The third-order valence-electron chi connectivity index (χ3n) is 2.48. The summed E-state index contributed by atoms with van der Waals surface area (Å²) in [5.74, 6) is -0.417. The summed E-state index contributed by atoms with van der Waals surface area (Å²) in [7, 11) is 0. The number of rotatable bonds is 1. The first-order valence-electron chi connectivity index (χ1n) is 4.13. The smallest absolute Gasteiger partial charge is 0.163 e. The lowest BCUT2D eigenvalue weighted by atomic mass is 10.1. The Morgan fingerprint density at radius 2 is 2.00 bits per heavy atom. The van der Waals surface area contributed by atoms with Crippen molar-refractivity contribution in [3.8, 4) is 0 Å². The van der Waals surface area contributed by atoms with Gasteiger partial charge in [0, 0.05) is 5.54 Å². The maximum absolute atomic E-state index is 5.97. The average molecular weight is 157 g/mol. The molecule has 1 heterocycles. The van der Waals surface area contributed by atoms with Gasteiger partial charge in [0.2, 0.25) is 0 Å². The van der Waals surface area contributed by atoms with Gasteiger partial charge in [0.25, 0.3) is 0 Å². The molecule has 0 bridgehead atoms. The largest absolute Gasteiger partial charge is 0.348 e. The summed E-state index contributed by atoms with van der Waals surface area (Å²) in [6, 6.07) is 0. The van der Waals surface area contributed by atoms with Gasteiger partial charge in [-0.05, 0) is 26.7 Å². The van der Waals surface area contributed by atoms with Gasteiger partial charge in [0.15, 0.2) is 5.79 Å². The Morgan fingerprint density at radius 1 is 1.36 bits per heavy atom. The van der Waals surface area contributed by atoms with E-state index in [0.29, 0.717) is 6.61 Å².